The van der Waals surface area contributed by atoms with Crippen molar-refractivity contribution >= 4 is 0 Å². The molecule has 0 aliphatic rings. The summed E-state index contributed by atoms with van der Waals surface area (Å²) in [5.74, 6) is 0. The maximum Gasteiger partial charge on any atom is 0.269 e. The molecule has 0 spiro atoms. The molecule has 0 N–H and O–H groups in total. The lowest BCUT2D eigenvalue weighted by Crippen LogP contribution is -2.24. The highest BCUT2D eigenvalue weighted by Crippen LogP contribution is 2.06. The third-order valence-corrected chi connectivity index (χ3v) is 2.92. The van der Waals surface area contributed by atoms with Crippen molar-refractivity contribution in [2.24, 2.45) is 0 Å². The summed E-state index contributed by atoms with van der Waals surface area (Å²) >= 11 is 0. The largest absolute Gasteiger partial charge is 0.308 e. The van der Waals surface area contributed by atoms with E-state index in [-0.39, 0.29) is 11.1 Å². The average molecular weight is 239 g/mol. The lowest BCUT2D eigenvalue weighted by atomic mass is 10.1. The second-order valence-corrected chi connectivity index (χ2v) is 4.19. The van der Waals surface area contributed by atoms with Gasteiger partial charge in [-0.3, -0.25) is 9.78 Å². The van der Waals surface area contributed by atoms with Gasteiger partial charge in [-0.05, 0) is 37.1 Å². The highest BCUT2D eigenvalue weighted by Gasteiger charge is 2.08. The van der Waals surface area contributed by atoms with Crippen LogP contribution in [-0.4, -0.2) is 9.55 Å². The van der Waals surface area contributed by atoms with Gasteiger partial charge < -0.3 is 4.57 Å². The Bertz CT molecular complexity index is 680. The molecule has 0 amide bonds. The van der Waals surface area contributed by atoms with Crippen LogP contribution in [0.25, 0.3) is 0 Å². The summed E-state index contributed by atoms with van der Waals surface area (Å²) in [6.45, 7) is 4.10. The summed E-state index contributed by atoms with van der Waals surface area (Å²) < 4.78 is 1.51. The molecule has 2 aromatic heterocycles. The number of nitriles is 1. The molecule has 0 saturated heterocycles. The Kier molecular flexibility index (Phi) is 3.24. The first kappa shape index (κ1) is 12.1. The minimum absolute atomic E-state index is 0.200. The predicted octanol–water partition coefficient (Wildman–Crippen LogP) is 1.78. The Hall–Kier alpha value is -2.41. The molecule has 0 bridgehead atoms. The first-order chi connectivity index (χ1) is 8.63. The predicted molar refractivity (Wildman–Crippen MR) is 68.2 cm³/mol. The van der Waals surface area contributed by atoms with E-state index < -0.39 is 0 Å². The third kappa shape index (κ3) is 2.16. The lowest BCUT2D eigenvalue weighted by Gasteiger charge is -2.08. The summed E-state index contributed by atoms with van der Waals surface area (Å²) in [6, 6.07) is 7.54. The molecular weight excluding hydrogens is 226 g/mol. The van der Waals surface area contributed by atoms with Crippen LogP contribution < -0.4 is 5.56 Å². The number of hydrogen-bond acceptors (Lipinski definition) is 3. The van der Waals surface area contributed by atoms with Gasteiger partial charge in [0.1, 0.15) is 11.6 Å². The number of rotatable bonds is 2. The minimum atomic E-state index is -0.262. The Balaban J connectivity index is 2.46. The van der Waals surface area contributed by atoms with Crippen molar-refractivity contribution in [2.45, 2.75) is 20.4 Å². The molecule has 2 aromatic rings. The van der Waals surface area contributed by atoms with Crippen molar-refractivity contribution in [3.05, 3.63) is 63.3 Å². The zero-order valence-electron chi connectivity index (χ0n) is 10.3. The number of aryl methyl sites for hydroxylation is 2. The second kappa shape index (κ2) is 4.84. The molecule has 90 valence electrons. The first-order valence-corrected chi connectivity index (χ1v) is 5.64. The van der Waals surface area contributed by atoms with E-state index in [1.165, 1.54) is 4.57 Å². The smallest absolute Gasteiger partial charge is 0.269 e. The van der Waals surface area contributed by atoms with Gasteiger partial charge in [0.05, 0.1) is 12.2 Å². The standard InChI is InChI=1S/C14H13N3O/c1-10-5-7-17(14(18)12(10)8-15)9-13-11(2)4-3-6-16-13/h3-7H,9H2,1-2H3. The van der Waals surface area contributed by atoms with Crippen LogP contribution in [0.5, 0.6) is 0 Å². The summed E-state index contributed by atoms with van der Waals surface area (Å²) in [7, 11) is 0. The fraction of sp³-hybridized carbons (Fsp3) is 0.214. The van der Waals surface area contributed by atoms with Crippen molar-refractivity contribution in [1.82, 2.24) is 9.55 Å². The lowest BCUT2D eigenvalue weighted by molar-refractivity contribution is 0.730. The molecule has 0 radical (unpaired) electrons. The van der Waals surface area contributed by atoms with E-state index in [1.54, 1.807) is 25.4 Å². The van der Waals surface area contributed by atoms with E-state index in [2.05, 4.69) is 4.98 Å². The van der Waals surface area contributed by atoms with Gasteiger partial charge in [0, 0.05) is 12.4 Å². The van der Waals surface area contributed by atoms with E-state index in [9.17, 15) is 4.79 Å². The van der Waals surface area contributed by atoms with Crippen molar-refractivity contribution in [3.8, 4) is 6.07 Å². The van der Waals surface area contributed by atoms with Crippen LogP contribution in [-0.2, 0) is 6.54 Å². The fourth-order valence-corrected chi connectivity index (χ4v) is 1.77. The first-order valence-electron chi connectivity index (χ1n) is 5.64. The fourth-order valence-electron chi connectivity index (χ4n) is 1.77. The maximum absolute atomic E-state index is 12.0. The van der Waals surface area contributed by atoms with Gasteiger partial charge in [-0.1, -0.05) is 6.07 Å². The van der Waals surface area contributed by atoms with E-state index >= 15 is 0 Å². The topological polar surface area (TPSA) is 58.7 Å². The second-order valence-electron chi connectivity index (χ2n) is 4.19. The Labute approximate surface area is 105 Å². The molecule has 4 nitrogen and oxygen atoms in total. The van der Waals surface area contributed by atoms with E-state index in [4.69, 9.17) is 5.26 Å². The van der Waals surface area contributed by atoms with Crippen LogP contribution in [0.3, 0.4) is 0 Å². The zero-order chi connectivity index (χ0) is 13.1. The molecule has 0 aliphatic carbocycles. The summed E-state index contributed by atoms with van der Waals surface area (Å²) in [5, 5.41) is 8.97. The zero-order valence-corrected chi connectivity index (χ0v) is 10.3. The monoisotopic (exact) mass is 239 g/mol. The SMILES string of the molecule is Cc1cccnc1Cn1ccc(C)c(C#N)c1=O. The van der Waals surface area contributed by atoms with Gasteiger partial charge >= 0.3 is 0 Å². The minimum Gasteiger partial charge on any atom is -0.308 e. The van der Waals surface area contributed by atoms with Crippen LogP contribution in [0.1, 0.15) is 22.4 Å². The van der Waals surface area contributed by atoms with Crippen LogP contribution >= 0.6 is 0 Å². The van der Waals surface area contributed by atoms with Gasteiger partial charge in [0.25, 0.3) is 5.56 Å². The third-order valence-electron chi connectivity index (χ3n) is 2.92. The van der Waals surface area contributed by atoms with Crippen molar-refractivity contribution < 1.29 is 0 Å². The number of hydrogen-bond donors (Lipinski definition) is 0. The molecule has 0 aliphatic heterocycles. The van der Waals surface area contributed by atoms with Gasteiger partial charge in [0.15, 0.2) is 0 Å². The molecule has 0 atom stereocenters. The number of aromatic nitrogens is 2. The number of pyridine rings is 2. The van der Waals surface area contributed by atoms with Crippen molar-refractivity contribution in [2.75, 3.05) is 0 Å². The van der Waals surface area contributed by atoms with E-state index in [0.29, 0.717) is 12.1 Å². The quantitative estimate of drug-likeness (QED) is 0.802. The average Bonchev–Trinajstić information content (AvgIpc) is 2.36. The summed E-state index contributed by atoms with van der Waals surface area (Å²) in [5.41, 5.74) is 2.51. The highest BCUT2D eigenvalue weighted by molar-refractivity contribution is 5.34. The molecule has 18 heavy (non-hydrogen) atoms. The maximum atomic E-state index is 12.0. The highest BCUT2D eigenvalue weighted by atomic mass is 16.1. The molecule has 0 fully saturated rings. The molecule has 4 heteroatoms. The van der Waals surface area contributed by atoms with Crippen molar-refractivity contribution in [3.63, 3.8) is 0 Å². The molecule has 0 unspecified atom stereocenters. The molecule has 0 aromatic carbocycles. The summed E-state index contributed by atoms with van der Waals surface area (Å²) in [4.78, 5) is 16.3. The van der Waals surface area contributed by atoms with Gasteiger partial charge in [0.2, 0.25) is 0 Å². The number of nitrogens with zero attached hydrogens (tertiary/aromatic N) is 3. The Morgan fingerprint density at radius 3 is 2.78 bits per heavy atom. The Morgan fingerprint density at radius 2 is 2.11 bits per heavy atom. The van der Waals surface area contributed by atoms with Crippen LogP contribution in [0.4, 0.5) is 0 Å². The molecule has 0 saturated carbocycles. The van der Waals surface area contributed by atoms with Crippen LogP contribution in [0.2, 0.25) is 0 Å². The molecule has 2 rings (SSSR count). The van der Waals surface area contributed by atoms with Gasteiger partial charge in [-0.15, -0.1) is 0 Å². The normalized spacial score (nSPS) is 10.1. The summed E-state index contributed by atoms with van der Waals surface area (Å²) in [6.07, 6.45) is 3.40. The van der Waals surface area contributed by atoms with Gasteiger partial charge in [-0.2, -0.15) is 5.26 Å². The molecular formula is C14H13N3O. The van der Waals surface area contributed by atoms with E-state index in [1.807, 2.05) is 25.1 Å². The Morgan fingerprint density at radius 1 is 1.33 bits per heavy atom. The molecule has 2 heterocycles. The van der Waals surface area contributed by atoms with Crippen LogP contribution in [0.15, 0.2) is 35.4 Å². The van der Waals surface area contributed by atoms with Crippen LogP contribution in [0, 0.1) is 25.2 Å². The van der Waals surface area contributed by atoms with E-state index in [0.717, 1.165) is 11.3 Å². The van der Waals surface area contributed by atoms with Crippen molar-refractivity contribution in [1.29, 1.82) is 5.26 Å². The van der Waals surface area contributed by atoms with Gasteiger partial charge in [-0.25, -0.2) is 0 Å².